The molecule has 3 rings (SSSR count). The van der Waals surface area contributed by atoms with Crippen LogP contribution in [0.5, 0.6) is 0 Å². The number of amides is 1. The van der Waals surface area contributed by atoms with Gasteiger partial charge in [0.1, 0.15) is 0 Å². The maximum absolute atomic E-state index is 12.2. The third-order valence-corrected chi connectivity index (χ3v) is 4.42. The van der Waals surface area contributed by atoms with Crippen LogP contribution in [-0.4, -0.2) is 35.7 Å². The Morgan fingerprint density at radius 2 is 1.84 bits per heavy atom. The number of hydrogen-bond acceptors (Lipinski definition) is 4. The van der Waals surface area contributed by atoms with Gasteiger partial charge in [0, 0.05) is 6.42 Å². The van der Waals surface area contributed by atoms with Crippen molar-refractivity contribution in [3.8, 4) is 0 Å². The number of carbonyl (C=O) groups excluding carboxylic acids is 2. The van der Waals surface area contributed by atoms with Crippen LogP contribution in [0.15, 0.2) is 53.6 Å². The topological polar surface area (TPSA) is 59.0 Å². The molecule has 1 amide bonds. The molecule has 0 N–H and O–H groups in total. The third-order valence-electron chi connectivity index (χ3n) is 3.68. The van der Waals surface area contributed by atoms with Gasteiger partial charge in [0.2, 0.25) is 0 Å². The Bertz CT molecular complexity index is 837. The molecule has 25 heavy (non-hydrogen) atoms. The molecule has 0 atom stereocenters. The fourth-order valence-electron chi connectivity index (χ4n) is 2.38. The predicted octanol–water partition coefficient (Wildman–Crippen LogP) is 3.79. The number of benzene rings is 2. The van der Waals surface area contributed by atoms with Gasteiger partial charge in [-0.3, -0.25) is 4.79 Å². The first kappa shape index (κ1) is 17.5. The Labute approximate surface area is 154 Å². The quantitative estimate of drug-likeness (QED) is 0.762. The molecular formula is C18H14Cl2N2O3. The van der Waals surface area contributed by atoms with Crippen molar-refractivity contribution < 1.29 is 14.3 Å². The predicted molar refractivity (Wildman–Crippen MR) is 96.1 cm³/mol. The van der Waals surface area contributed by atoms with Crippen molar-refractivity contribution in [2.45, 2.75) is 6.42 Å². The van der Waals surface area contributed by atoms with Crippen LogP contribution in [0.25, 0.3) is 0 Å². The lowest BCUT2D eigenvalue weighted by molar-refractivity contribution is -0.134. The van der Waals surface area contributed by atoms with Crippen molar-refractivity contribution in [3.63, 3.8) is 0 Å². The van der Waals surface area contributed by atoms with Crippen molar-refractivity contribution in [2.24, 2.45) is 5.10 Å². The summed E-state index contributed by atoms with van der Waals surface area (Å²) in [5.41, 5.74) is 2.05. The lowest BCUT2D eigenvalue weighted by Gasteiger charge is -2.11. The van der Waals surface area contributed by atoms with E-state index in [9.17, 15) is 9.59 Å². The van der Waals surface area contributed by atoms with Gasteiger partial charge in [0.05, 0.1) is 27.9 Å². The van der Waals surface area contributed by atoms with E-state index in [1.165, 1.54) is 23.2 Å². The molecule has 1 heterocycles. The second kappa shape index (κ2) is 7.68. The van der Waals surface area contributed by atoms with Crippen molar-refractivity contribution in [1.29, 1.82) is 0 Å². The first-order valence-electron chi connectivity index (χ1n) is 7.60. The molecule has 2 aromatic rings. The van der Waals surface area contributed by atoms with E-state index in [-0.39, 0.29) is 23.1 Å². The summed E-state index contributed by atoms with van der Waals surface area (Å²) in [6, 6.07) is 14.0. The molecule has 0 radical (unpaired) electrons. The minimum Gasteiger partial charge on any atom is -0.452 e. The van der Waals surface area contributed by atoms with E-state index < -0.39 is 5.97 Å². The summed E-state index contributed by atoms with van der Waals surface area (Å²) in [6.45, 7) is 0.0814. The normalized spacial score (nSPS) is 13.5. The monoisotopic (exact) mass is 376 g/mol. The van der Waals surface area contributed by atoms with Crippen molar-refractivity contribution in [3.05, 3.63) is 69.7 Å². The molecule has 0 unspecified atom stereocenters. The Morgan fingerprint density at radius 1 is 1.08 bits per heavy atom. The summed E-state index contributed by atoms with van der Waals surface area (Å²) in [7, 11) is 0. The average molecular weight is 377 g/mol. The molecule has 2 aromatic carbocycles. The fraction of sp³-hybridized carbons (Fsp3) is 0.167. The van der Waals surface area contributed by atoms with Gasteiger partial charge in [-0.2, -0.15) is 5.10 Å². The number of hydrogen-bond donors (Lipinski definition) is 0. The van der Waals surface area contributed by atoms with Crippen molar-refractivity contribution >= 4 is 40.8 Å². The lowest BCUT2D eigenvalue weighted by Crippen LogP contribution is -2.28. The molecule has 5 nitrogen and oxygen atoms in total. The summed E-state index contributed by atoms with van der Waals surface area (Å²) < 4.78 is 5.04. The van der Waals surface area contributed by atoms with Crippen LogP contribution < -0.4 is 0 Å². The molecular weight excluding hydrogens is 363 g/mol. The number of halogens is 2. The standard InChI is InChI=1S/C18H14Cl2N2O3/c19-14-7-6-13(10-15(14)20)18(24)25-11-17(23)22-9-8-16(21-22)12-4-2-1-3-5-12/h1-7,10H,8-9,11H2. The third kappa shape index (κ3) is 4.18. The van der Waals surface area contributed by atoms with Crippen LogP contribution >= 0.6 is 23.2 Å². The van der Waals surface area contributed by atoms with Crippen molar-refractivity contribution in [1.82, 2.24) is 5.01 Å². The zero-order chi connectivity index (χ0) is 17.8. The van der Waals surface area contributed by atoms with Gasteiger partial charge in [-0.25, -0.2) is 9.80 Å². The maximum atomic E-state index is 12.2. The van der Waals surface area contributed by atoms with E-state index in [0.29, 0.717) is 18.0 Å². The van der Waals surface area contributed by atoms with E-state index in [0.717, 1.165) is 11.3 Å². The average Bonchev–Trinajstić information content (AvgIpc) is 3.12. The molecule has 0 saturated carbocycles. The molecule has 0 aliphatic carbocycles. The molecule has 0 spiro atoms. The molecule has 0 saturated heterocycles. The summed E-state index contributed by atoms with van der Waals surface area (Å²) in [5, 5.41) is 6.22. The van der Waals surface area contributed by atoms with E-state index in [2.05, 4.69) is 5.10 Å². The van der Waals surface area contributed by atoms with Gasteiger partial charge in [0.15, 0.2) is 6.61 Å². The highest BCUT2D eigenvalue weighted by molar-refractivity contribution is 6.42. The molecule has 0 bridgehead atoms. The highest BCUT2D eigenvalue weighted by Crippen LogP contribution is 2.23. The number of rotatable bonds is 4. The molecule has 0 fully saturated rings. The summed E-state index contributed by atoms with van der Waals surface area (Å²) in [5.74, 6) is -1.02. The zero-order valence-corrected chi connectivity index (χ0v) is 14.6. The van der Waals surface area contributed by atoms with E-state index in [1.54, 1.807) is 0 Å². The van der Waals surface area contributed by atoms with Gasteiger partial charge < -0.3 is 4.74 Å². The molecule has 7 heteroatoms. The lowest BCUT2D eigenvalue weighted by atomic mass is 10.1. The minimum atomic E-state index is -0.640. The second-order valence-electron chi connectivity index (χ2n) is 5.38. The van der Waals surface area contributed by atoms with Gasteiger partial charge >= 0.3 is 5.97 Å². The van der Waals surface area contributed by atoms with Crippen molar-refractivity contribution in [2.75, 3.05) is 13.2 Å². The van der Waals surface area contributed by atoms with Gasteiger partial charge in [-0.1, -0.05) is 53.5 Å². The van der Waals surface area contributed by atoms with E-state index in [1.807, 2.05) is 30.3 Å². The first-order valence-corrected chi connectivity index (χ1v) is 8.35. The largest absolute Gasteiger partial charge is 0.452 e. The van der Waals surface area contributed by atoms with Crippen LogP contribution in [0.4, 0.5) is 0 Å². The Morgan fingerprint density at radius 3 is 2.56 bits per heavy atom. The smallest absolute Gasteiger partial charge is 0.338 e. The first-order chi connectivity index (χ1) is 12.0. The van der Waals surface area contributed by atoms with E-state index in [4.69, 9.17) is 27.9 Å². The van der Waals surface area contributed by atoms with Gasteiger partial charge in [0.25, 0.3) is 5.91 Å². The van der Waals surface area contributed by atoms with Crippen LogP contribution in [0.3, 0.4) is 0 Å². The van der Waals surface area contributed by atoms with Crippen LogP contribution in [0, 0.1) is 0 Å². The summed E-state index contributed by atoms with van der Waals surface area (Å²) in [6.07, 6.45) is 0.663. The molecule has 0 aromatic heterocycles. The Kier molecular flexibility index (Phi) is 5.36. The number of esters is 1. The minimum absolute atomic E-state index is 0.233. The Balaban J connectivity index is 1.58. The van der Waals surface area contributed by atoms with Gasteiger partial charge in [-0.05, 0) is 23.8 Å². The van der Waals surface area contributed by atoms with Crippen LogP contribution in [0.2, 0.25) is 10.0 Å². The number of carbonyl (C=O) groups is 2. The zero-order valence-electron chi connectivity index (χ0n) is 13.1. The molecule has 128 valence electrons. The van der Waals surface area contributed by atoms with Crippen LogP contribution in [-0.2, 0) is 9.53 Å². The van der Waals surface area contributed by atoms with Crippen LogP contribution in [0.1, 0.15) is 22.3 Å². The summed E-state index contributed by atoms with van der Waals surface area (Å²) in [4.78, 5) is 24.2. The van der Waals surface area contributed by atoms with E-state index >= 15 is 0 Å². The molecule has 1 aliphatic heterocycles. The number of ether oxygens (including phenoxy) is 1. The second-order valence-corrected chi connectivity index (χ2v) is 6.20. The Hall–Kier alpha value is -2.37. The SMILES string of the molecule is O=C(OCC(=O)N1CCC(c2ccccc2)=N1)c1ccc(Cl)c(Cl)c1. The van der Waals surface area contributed by atoms with Gasteiger partial charge in [-0.15, -0.1) is 0 Å². The highest BCUT2D eigenvalue weighted by atomic mass is 35.5. The number of nitrogens with zero attached hydrogens (tertiary/aromatic N) is 2. The highest BCUT2D eigenvalue weighted by Gasteiger charge is 2.22. The molecule has 1 aliphatic rings. The summed E-state index contributed by atoms with van der Waals surface area (Å²) >= 11 is 11.7. The fourth-order valence-corrected chi connectivity index (χ4v) is 2.68. The maximum Gasteiger partial charge on any atom is 0.338 e. The number of hydrazone groups is 1.